The Hall–Kier alpha value is -1.88. The van der Waals surface area contributed by atoms with E-state index in [0.717, 1.165) is 35.4 Å². The lowest BCUT2D eigenvalue weighted by Crippen LogP contribution is -2.29. The maximum atomic E-state index is 12.6. The van der Waals surface area contributed by atoms with Gasteiger partial charge in [0, 0.05) is 17.4 Å². The summed E-state index contributed by atoms with van der Waals surface area (Å²) < 4.78 is 0. The third-order valence-electron chi connectivity index (χ3n) is 4.10. The van der Waals surface area contributed by atoms with Crippen molar-refractivity contribution >= 4 is 17.7 Å². The number of carbonyl (C=O) groups excluding carboxylic acids is 1. The van der Waals surface area contributed by atoms with Crippen molar-refractivity contribution < 1.29 is 4.79 Å². The fraction of sp³-hybridized carbons (Fsp3) is 0.389. The van der Waals surface area contributed by atoms with Gasteiger partial charge in [0.1, 0.15) is 5.25 Å². The molecule has 0 saturated heterocycles. The van der Waals surface area contributed by atoms with E-state index in [-0.39, 0.29) is 11.2 Å². The fourth-order valence-electron chi connectivity index (χ4n) is 2.30. The number of aromatic nitrogens is 2. The van der Waals surface area contributed by atoms with Gasteiger partial charge in [0.2, 0.25) is 5.91 Å². The van der Waals surface area contributed by atoms with E-state index in [2.05, 4.69) is 15.3 Å². The Balaban J connectivity index is 1.87. The number of carbonyl (C=O) groups is 1. The van der Waals surface area contributed by atoms with Crippen LogP contribution >= 0.6 is 11.8 Å². The van der Waals surface area contributed by atoms with Crippen molar-refractivity contribution in [3.8, 4) is 0 Å². The van der Waals surface area contributed by atoms with E-state index in [4.69, 9.17) is 0 Å². The van der Waals surface area contributed by atoms with Gasteiger partial charge in [-0.2, -0.15) is 0 Å². The lowest BCUT2D eigenvalue weighted by molar-refractivity contribution is -0.120. The minimum atomic E-state index is -0.321. The second kappa shape index (κ2) is 6.71. The van der Waals surface area contributed by atoms with Gasteiger partial charge in [-0.25, -0.2) is 9.97 Å². The zero-order valence-corrected chi connectivity index (χ0v) is 14.5. The van der Waals surface area contributed by atoms with Crippen molar-refractivity contribution in [2.45, 2.75) is 50.1 Å². The largest absolute Gasteiger partial charge is 0.352 e. The summed E-state index contributed by atoms with van der Waals surface area (Å²) in [5.41, 5.74) is 4.02. The van der Waals surface area contributed by atoms with E-state index in [9.17, 15) is 4.79 Å². The Labute approximate surface area is 141 Å². The van der Waals surface area contributed by atoms with Crippen LogP contribution in [-0.4, -0.2) is 21.9 Å². The number of hydrogen-bond acceptors (Lipinski definition) is 4. The molecule has 5 heteroatoms. The second-order valence-electron chi connectivity index (χ2n) is 5.99. The molecule has 1 aromatic carbocycles. The number of amides is 1. The first kappa shape index (κ1) is 16.0. The number of nitrogens with zero attached hydrogens (tertiary/aromatic N) is 2. The molecule has 1 aromatic heterocycles. The van der Waals surface area contributed by atoms with Crippen LogP contribution in [0.1, 0.15) is 40.6 Å². The predicted octanol–water partition coefficient (Wildman–Crippen LogP) is 3.51. The summed E-state index contributed by atoms with van der Waals surface area (Å²) in [6.45, 7) is 5.99. The average Bonchev–Trinajstić information content (AvgIpc) is 3.35. The number of aryl methyl sites for hydroxylation is 2. The van der Waals surface area contributed by atoms with E-state index in [1.54, 1.807) is 0 Å². The van der Waals surface area contributed by atoms with E-state index in [1.807, 2.05) is 51.1 Å². The van der Waals surface area contributed by atoms with Crippen LogP contribution in [0.5, 0.6) is 0 Å². The molecule has 4 nitrogen and oxygen atoms in total. The van der Waals surface area contributed by atoms with Crippen molar-refractivity contribution in [2.24, 2.45) is 0 Å². The van der Waals surface area contributed by atoms with Gasteiger partial charge >= 0.3 is 0 Å². The fourth-order valence-corrected chi connectivity index (χ4v) is 3.36. The highest BCUT2D eigenvalue weighted by atomic mass is 32.2. The molecule has 1 heterocycles. The van der Waals surface area contributed by atoms with E-state index in [0.29, 0.717) is 11.2 Å². The summed E-state index contributed by atoms with van der Waals surface area (Å²) in [6, 6.07) is 10.2. The maximum Gasteiger partial charge on any atom is 0.238 e. The topological polar surface area (TPSA) is 54.9 Å². The van der Waals surface area contributed by atoms with Crippen molar-refractivity contribution in [1.82, 2.24) is 15.3 Å². The summed E-state index contributed by atoms with van der Waals surface area (Å²) in [4.78, 5) is 21.7. The molecule has 1 fully saturated rings. The molecule has 3 rings (SSSR count). The molecule has 1 N–H and O–H groups in total. The van der Waals surface area contributed by atoms with Gasteiger partial charge in [-0.05, 0) is 44.7 Å². The van der Waals surface area contributed by atoms with Gasteiger partial charge in [-0.3, -0.25) is 4.79 Å². The molecule has 1 atom stereocenters. The molecule has 1 aliphatic carbocycles. The van der Waals surface area contributed by atoms with Crippen molar-refractivity contribution in [2.75, 3.05) is 0 Å². The third-order valence-corrected chi connectivity index (χ3v) is 5.21. The molecule has 0 aliphatic heterocycles. The lowest BCUT2D eigenvalue weighted by Gasteiger charge is -2.17. The smallest absolute Gasteiger partial charge is 0.238 e. The van der Waals surface area contributed by atoms with E-state index >= 15 is 0 Å². The summed E-state index contributed by atoms with van der Waals surface area (Å²) in [5, 5.41) is 3.43. The first-order valence-corrected chi connectivity index (χ1v) is 8.76. The van der Waals surface area contributed by atoms with Gasteiger partial charge in [0.05, 0.1) is 0 Å². The zero-order chi connectivity index (χ0) is 16.4. The molecular formula is C18H21N3OS. The monoisotopic (exact) mass is 327 g/mol. The highest BCUT2D eigenvalue weighted by Crippen LogP contribution is 2.35. The van der Waals surface area contributed by atoms with Crippen LogP contribution in [0, 0.1) is 20.8 Å². The number of hydrogen-bond donors (Lipinski definition) is 1. The Morgan fingerprint density at radius 1 is 1.13 bits per heavy atom. The molecule has 0 bridgehead atoms. The first-order valence-electron chi connectivity index (χ1n) is 7.88. The molecule has 1 aliphatic rings. The van der Waals surface area contributed by atoms with Crippen molar-refractivity contribution in [1.29, 1.82) is 0 Å². The van der Waals surface area contributed by atoms with Crippen molar-refractivity contribution in [3.05, 3.63) is 52.8 Å². The SMILES string of the molecule is Cc1nc(SC(C(=O)NC2CC2)c2ccccc2)nc(C)c1C. The highest BCUT2D eigenvalue weighted by Gasteiger charge is 2.29. The lowest BCUT2D eigenvalue weighted by atomic mass is 10.1. The van der Waals surface area contributed by atoms with Crippen molar-refractivity contribution in [3.63, 3.8) is 0 Å². The minimum Gasteiger partial charge on any atom is -0.352 e. The maximum absolute atomic E-state index is 12.6. The van der Waals surface area contributed by atoms with Crippen LogP contribution in [0.15, 0.2) is 35.5 Å². The molecule has 0 spiro atoms. The summed E-state index contributed by atoms with van der Waals surface area (Å²) >= 11 is 1.42. The molecule has 2 aromatic rings. The Bertz CT molecular complexity index is 690. The molecule has 120 valence electrons. The van der Waals surface area contributed by atoms with Crippen LogP contribution < -0.4 is 5.32 Å². The predicted molar refractivity (Wildman–Crippen MR) is 92.4 cm³/mol. The summed E-state index contributed by atoms with van der Waals surface area (Å²) in [7, 11) is 0. The number of rotatable bonds is 5. The average molecular weight is 327 g/mol. The quantitative estimate of drug-likeness (QED) is 0.674. The van der Waals surface area contributed by atoms with Gasteiger partial charge in [0.15, 0.2) is 5.16 Å². The number of nitrogens with one attached hydrogen (secondary N) is 1. The van der Waals surface area contributed by atoms with Gasteiger partial charge < -0.3 is 5.32 Å². The molecule has 23 heavy (non-hydrogen) atoms. The van der Waals surface area contributed by atoms with Crippen LogP contribution in [0.4, 0.5) is 0 Å². The molecular weight excluding hydrogens is 306 g/mol. The van der Waals surface area contributed by atoms with Crippen LogP contribution in [0.2, 0.25) is 0 Å². The number of benzene rings is 1. The molecule has 1 saturated carbocycles. The van der Waals surface area contributed by atoms with Crippen LogP contribution in [0.25, 0.3) is 0 Å². The van der Waals surface area contributed by atoms with Gasteiger partial charge in [-0.15, -0.1) is 0 Å². The minimum absolute atomic E-state index is 0.0446. The summed E-state index contributed by atoms with van der Waals surface area (Å²) in [5.74, 6) is 0.0446. The Kier molecular flexibility index (Phi) is 4.66. The van der Waals surface area contributed by atoms with Gasteiger partial charge in [0.25, 0.3) is 0 Å². The molecule has 0 radical (unpaired) electrons. The van der Waals surface area contributed by atoms with Crippen LogP contribution in [0.3, 0.4) is 0 Å². The summed E-state index contributed by atoms with van der Waals surface area (Å²) in [6.07, 6.45) is 2.16. The normalized spacial score (nSPS) is 15.3. The third kappa shape index (κ3) is 3.91. The van der Waals surface area contributed by atoms with E-state index in [1.165, 1.54) is 11.8 Å². The Morgan fingerprint density at radius 3 is 2.30 bits per heavy atom. The first-order chi connectivity index (χ1) is 11.0. The van der Waals surface area contributed by atoms with Gasteiger partial charge in [-0.1, -0.05) is 42.1 Å². The van der Waals surface area contributed by atoms with E-state index < -0.39 is 0 Å². The standard InChI is InChI=1S/C18H21N3OS/c1-11-12(2)19-18(20-13(11)3)23-16(14-7-5-4-6-8-14)17(22)21-15-9-10-15/h4-8,15-16H,9-10H2,1-3H3,(H,21,22). The molecule has 1 amide bonds. The Morgan fingerprint density at radius 2 is 1.74 bits per heavy atom. The number of thioether (sulfide) groups is 1. The second-order valence-corrected chi connectivity index (χ2v) is 7.07. The highest BCUT2D eigenvalue weighted by molar-refractivity contribution is 8.00. The zero-order valence-electron chi connectivity index (χ0n) is 13.7. The molecule has 1 unspecified atom stereocenters. The van der Waals surface area contributed by atoms with Crippen LogP contribution in [-0.2, 0) is 4.79 Å².